The molecule has 2 rings (SSSR count). The molecule has 0 unspecified atom stereocenters. The fourth-order valence-electron chi connectivity index (χ4n) is 1.65. The van der Waals surface area contributed by atoms with E-state index in [1.807, 2.05) is 19.9 Å². The van der Waals surface area contributed by atoms with Crippen LogP contribution in [0.1, 0.15) is 21.6 Å². The Balaban J connectivity index is 2.84. The first kappa shape index (κ1) is 10.4. The lowest BCUT2D eigenvalue weighted by atomic mass is 10.1. The van der Waals surface area contributed by atoms with E-state index in [1.165, 1.54) is 6.07 Å². The van der Waals surface area contributed by atoms with Gasteiger partial charge in [-0.25, -0.2) is 14.8 Å². The molecule has 0 amide bonds. The third kappa shape index (κ3) is 1.56. The molecule has 0 aliphatic carbocycles. The molecule has 2 aromatic heterocycles. The van der Waals surface area contributed by atoms with Crippen LogP contribution in [0.25, 0.3) is 11.0 Å². The number of aromatic nitrogens is 2. The molecule has 2 heterocycles. The standard InChI is InChI=1S/C11H11N3O2/c1-5-3-6(2)13-10-7(5)4-8(11(15)16)9(12)14-10/h3-4H,1-2H3,(H,15,16)(H2,12,13,14). The van der Waals surface area contributed by atoms with Crippen LogP contribution in [0.3, 0.4) is 0 Å². The fraction of sp³-hybridized carbons (Fsp3) is 0.182. The van der Waals surface area contributed by atoms with Crippen molar-refractivity contribution in [3.8, 4) is 0 Å². The molecule has 0 aromatic carbocycles. The summed E-state index contributed by atoms with van der Waals surface area (Å²) in [6.07, 6.45) is 0. The molecule has 16 heavy (non-hydrogen) atoms. The normalized spacial score (nSPS) is 10.6. The van der Waals surface area contributed by atoms with Gasteiger partial charge in [0.1, 0.15) is 11.4 Å². The molecule has 0 saturated heterocycles. The number of hydrogen-bond donors (Lipinski definition) is 2. The minimum Gasteiger partial charge on any atom is -0.478 e. The van der Waals surface area contributed by atoms with Crippen molar-refractivity contribution in [1.82, 2.24) is 9.97 Å². The molecule has 82 valence electrons. The average molecular weight is 217 g/mol. The SMILES string of the molecule is Cc1cc(C)c2cc(C(=O)O)c(N)nc2n1. The Kier molecular flexibility index (Phi) is 2.23. The van der Waals surface area contributed by atoms with E-state index in [-0.39, 0.29) is 11.4 Å². The highest BCUT2D eigenvalue weighted by Crippen LogP contribution is 2.20. The highest BCUT2D eigenvalue weighted by atomic mass is 16.4. The molecular formula is C11H11N3O2. The van der Waals surface area contributed by atoms with Crippen LogP contribution < -0.4 is 5.73 Å². The molecule has 0 fully saturated rings. The van der Waals surface area contributed by atoms with Gasteiger partial charge in [0.25, 0.3) is 0 Å². The highest BCUT2D eigenvalue weighted by Gasteiger charge is 2.12. The maximum absolute atomic E-state index is 10.9. The third-order valence-corrected chi connectivity index (χ3v) is 2.39. The molecule has 2 aromatic rings. The second kappa shape index (κ2) is 3.44. The Morgan fingerprint density at radius 3 is 2.62 bits per heavy atom. The summed E-state index contributed by atoms with van der Waals surface area (Å²) in [4.78, 5) is 19.1. The van der Waals surface area contributed by atoms with Gasteiger partial charge in [0.05, 0.1) is 0 Å². The number of anilines is 1. The van der Waals surface area contributed by atoms with Crippen LogP contribution in [0, 0.1) is 13.8 Å². The van der Waals surface area contributed by atoms with Crippen molar-refractivity contribution in [2.75, 3.05) is 5.73 Å². The number of rotatable bonds is 1. The fourth-order valence-corrected chi connectivity index (χ4v) is 1.65. The minimum absolute atomic E-state index is 0.00231. The zero-order chi connectivity index (χ0) is 11.9. The van der Waals surface area contributed by atoms with Crippen LogP contribution in [-0.4, -0.2) is 21.0 Å². The maximum Gasteiger partial charge on any atom is 0.339 e. The first-order valence-corrected chi connectivity index (χ1v) is 4.77. The Morgan fingerprint density at radius 2 is 2.00 bits per heavy atom. The van der Waals surface area contributed by atoms with Crippen molar-refractivity contribution in [3.05, 3.63) is 29.0 Å². The minimum atomic E-state index is -1.08. The number of carbonyl (C=O) groups is 1. The van der Waals surface area contributed by atoms with E-state index in [0.29, 0.717) is 5.65 Å². The van der Waals surface area contributed by atoms with Crippen molar-refractivity contribution in [3.63, 3.8) is 0 Å². The Hall–Kier alpha value is -2.17. The first-order valence-electron chi connectivity index (χ1n) is 4.77. The smallest absolute Gasteiger partial charge is 0.339 e. The molecule has 0 spiro atoms. The van der Waals surface area contributed by atoms with Gasteiger partial charge in [0.15, 0.2) is 5.65 Å². The quantitative estimate of drug-likeness (QED) is 0.756. The second-order valence-electron chi connectivity index (χ2n) is 3.68. The van der Waals surface area contributed by atoms with Crippen molar-refractivity contribution in [1.29, 1.82) is 0 Å². The van der Waals surface area contributed by atoms with Gasteiger partial charge < -0.3 is 10.8 Å². The molecule has 0 aliphatic rings. The lowest BCUT2D eigenvalue weighted by Crippen LogP contribution is -2.06. The van der Waals surface area contributed by atoms with E-state index in [2.05, 4.69) is 9.97 Å². The van der Waals surface area contributed by atoms with Crippen molar-refractivity contribution in [2.24, 2.45) is 0 Å². The molecule has 0 radical (unpaired) electrons. The highest BCUT2D eigenvalue weighted by molar-refractivity contribution is 5.97. The monoisotopic (exact) mass is 217 g/mol. The van der Waals surface area contributed by atoms with E-state index in [4.69, 9.17) is 10.8 Å². The number of nitrogen functional groups attached to an aromatic ring is 1. The number of carboxylic acids is 1. The van der Waals surface area contributed by atoms with Gasteiger partial charge in [-0.2, -0.15) is 0 Å². The van der Waals surface area contributed by atoms with Crippen LogP contribution in [-0.2, 0) is 0 Å². The van der Waals surface area contributed by atoms with E-state index >= 15 is 0 Å². The van der Waals surface area contributed by atoms with E-state index in [1.54, 1.807) is 0 Å². The topological polar surface area (TPSA) is 89.1 Å². The molecule has 0 bridgehead atoms. The van der Waals surface area contributed by atoms with Crippen LogP contribution in [0.15, 0.2) is 12.1 Å². The number of pyridine rings is 2. The lowest BCUT2D eigenvalue weighted by molar-refractivity contribution is 0.0698. The summed E-state index contributed by atoms with van der Waals surface area (Å²) in [5.74, 6) is -1.08. The van der Waals surface area contributed by atoms with Gasteiger partial charge in [-0.15, -0.1) is 0 Å². The molecule has 0 atom stereocenters. The Labute approximate surface area is 91.9 Å². The number of aryl methyl sites for hydroxylation is 2. The van der Waals surface area contributed by atoms with E-state index in [0.717, 1.165) is 16.6 Å². The van der Waals surface area contributed by atoms with Gasteiger partial charge in [0, 0.05) is 11.1 Å². The van der Waals surface area contributed by atoms with Crippen molar-refractivity contribution in [2.45, 2.75) is 13.8 Å². The zero-order valence-corrected chi connectivity index (χ0v) is 8.98. The average Bonchev–Trinajstić information content (AvgIpc) is 2.15. The Morgan fingerprint density at radius 1 is 1.31 bits per heavy atom. The number of nitrogens with zero attached hydrogens (tertiary/aromatic N) is 2. The summed E-state index contributed by atoms with van der Waals surface area (Å²) in [6, 6.07) is 3.40. The molecule has 0 saturated carbocycles. The zero-order valence-electron chi connectivity index (χ0n) is 8.98. The van der Waals surface area contributed by atoms with Crippen LogP contribution in [0.4, 0.5) is 5.82 Å². The summed E-state index contributed by atoms with van der Waals surface area (Å²) in [5, 5.41) is 9.65. The molecule has 0 aliphatic heterocycles. The largest absolute Gasteiger partial charge is 0.478 e. The Bertz CT molecular complexity index is 593. The lowest BCUT2D eigenvalue weighted by Gasteiger charge is -2.06. The third-order valence-electron chi connectivity index (χ3n) is 2.39. The van der Waals surface area contributed by atoms with Gasteiger partial charge in [0.2, 0.25) is 0 Å². The number of nitrogens with two attached hydrogens (primary N) is 1. The molecule has 5 nitrogen and oxygen atoms in total. The molecular weight excluding hydrogens is 206 g/mol. The number of hydrogen-bond acceptors (Lipinski definition) is 4. The molecule has 5 heteroatoms. The summed E-state index contributed by atoms with van der Waals surface area (Å²) < 4.78 is 0. The summed E-state index contributed by atoms with van der Waals surface area (Å²) in [5.41, 5.74) is 7.83. The van der Waals surface area contributed by atoms with E-state index < -0.39 is 5.97 Å². The van der Waals surface area contributed by atoms with Gasteiger partial charge in [-0.1, -0.05) is 0 Å². The summed E-state index contributed by atoms with van der Waals surface area (Å²) in [6.45, 7) is 3.75. The van der Waals surface area contributed by atoms with Crippen molar-refractivity contribution >= 4 is 22.8 Å². The summed E-state index contributed by atoms with van der Waals surface area (Å²) in [7, 11) is 0. The number of aromatic carboxylic acids is 1. The number of fused-ring (bicyclic) bond motifs is 1. The van der Waals surface area contributed by atoms with E-state index in [9.17, 15) is 4.79 Å². The van der Waals surface area contributed by atoms with Crippen LogP contribution in [0.5, 0.6) is 0 Å². The second-order valence-corrected chi connectivity index (χ2v) is 3.68. The van der Waals surface area contributed by atoms with Crippen LogP contribution >= 0.6 is 0 Å². The van der Waals surface area contributed by atoms with Gasteiger partial charge >= 0.3 is 5.97 Å². The predicted octanol–water partition coefficient (Wildman–Crippen LogP) is 1.53. The van der Waals surface area contributed by atoms with Crippen LogP contribution in [0.2, 0.25) is 0 Å². The summed E-state index contributed by atoms with van der Waals surface area (Å²) >= 11 is 0. The van der Waals surface area contributed by atoms with Gasteiger partial charge in [-0.05, 0) is 31.5 Å². The van der Waals surface area contributed by atoms with Crippen molar-refractivity contribution < 1.29 is 9.90 Å². The predicted molar refractivity (Wildman–Crippen MR) is 60.4 cm³/mol. The maximum atomic E-state index is 10.9. The first-order chi connectivity index (χ1) is 7.49. The molecule has 3 N–H and O–H groups in total. The van der Waals surface area contributed by atoms with Gasteiger partial charge in [-0.3, -0.25) is 0 Å². The number of carboxylic acid groups (broad SMARTS) is 1.